The third kappa shape index (κ3) is 4.38. The lowest BCUT2D eigenvalue weighted by atomic mass is 9.81. The molecule has 1 fully saturated rings. The van der Waals surface area contributed by atoms with Gasteiger partial charge in [0.05, 0.1) is 10.6 Å². The zero-order valence-electron chi connectivity index (χ0n) is 17.4. The summed E-state index contributed by atoms with van der Waals surface area (Å²) >= 11 is 0. The number of non-ortho nitro benzene ring substituents is 1. The zero-order chi connectivity index (χ0) is 22.0. The number of ether oxygens (including phenoxy) is 1. The van der Waals surface area contributed by atoms with Gasteiger partial charge in [0.25, 0.3) is 11.6 Å². The van der Waals surface area contributed by atoms with Gasteiger partial charge in [-0.2, -0.15) is 0 Å². The summed E-state index contributed by atoms with van der Waals surface area (Å²) in [7, 11) is 1.77. The van der Waals surface area contributed by atoms with Gasteiger partial charge in [0.15, 0.2) is 6.61 Å². The smallest absolute Gasteiger partial charge is 0.271 e. The van der Waals surface area contributed by atoms with Crippen molar-refractivity contribution >= 4 is 23.2 Å². The Kier molecular flexibility index (Phi) is 5.88. The fourth-order valence-electron chi connectivity index (χ4n) is 4.45. The predicted octanol–water partition coefficient (Wildman–Crippen LogP) is 3.51. The van der Waals surface area contributed by atoms with Crippen molar-refractivity contribution < 1.29 is 19.2 Å². The van der Waals surface area contributed by atoms with E-state index >= 15 is 0 Å². The Hall–Kier alpha value is -3.42. The van der Waals surface area contributed by atoms with Crippen LogP contribution in [-0.2, 0) is 9.59 Å². The standard InChI is InChI=1S/C23H25N3O5/c1-24(18-9-7-17(8-10-18)16-5-3-2-4-6-16)22(27)14-25-20-13-19(26(29)30)11-12-21(20)31-15-23(25)28/h2-6,11-13,17-18H,7-10,14-15H2,1H3. The van der Waals surface area contributed by atoms with Gasteiger partial charge in [-0.1, -0.05) is 30.3 Å². The van der Waals surface area contributed by atoms with E-state index in [1.54, 1.807) is 11.9 Å². The van der Waals surface area contributed by atoms with Crippen molar-refractivity contribution in [1.29, 1.82) is 0 Å². The van der Waals surface area contributed by atoms with Gasteiger partial charge in [0.1, 0.15) is 12.3 Å². The number of nitro benzene ring substituents is 1. The van der Waals surface area contributed by atoms with Crippen LogP contribution in [0.1, 0.15) is 37.2 Å². The van der Waals surface area contributed by atoms with Gasteiger partial charge >= 0.3 is 0 Å². The van der Waals surface area contributed by atoms with Gasteiger partial charge in [0.2, 0.25) is 5.91 Å². The van der Waals surface area contributed by atoms with Crippen LogP contribution in [0.3, 0.4) is 0 Å². The second-order valence-corrected chi connectivity index (χ2v) is 8.10. The average Bonchev–Trinajstić information content (AvgIpc) is 2.80. The van der Waals surface area contributed by atoms with Crippen molar-refractivity contribution in [1.82, 2.24) is 4.90 Å². The molecule has 8 heteroatoms. The van der Waals surface area contributed by atoms with Crippen molar-refractivity contribution in [2.24, 2.45) is 0 Å². The third-order valence-corrected chi connectivity index (χ3v) is 6.30. The molecule has 31 heavy (non-hydrogen) atoms. The molecule has 2 aromatic rings. The third-order valence-electron chi connectivity index (χ3n) is 6.30. The molecule has 2 aliphatic rings. The molecule has 0 bridgehead atoms. The number of rotatable bonds is 5. The minimum atomic E-state index is -0.531. The van der Waals surface area contributed by atoms with Gasteiger partial charge in [-0.15, -0.1) is 0 Å². The molecule has 0 radical (unpaired) electrons. The fourth-order valence-corrected chi connectivity index (χ4v) is 4.45. The van der Waals surface area contributed by atoms with E-state index in [2.05, 4.69) is 24.3 Å². The van der Waals surface area contributed by atoms with Crippen LogP contribution in [-0.4, -0.2) is 47.9 Å². The molecule has 0 N–H and O–H groups in total. The molecule has 1 heterocycles. The van der Waals surface area contributed by atoms with Gasteiger partial charge in [-0.25, -0.2) is 0 Å². The van der Waals surface area contributed by atoms with Crippen LogP contribution < -0.4 is 9.64 Å². The molecule has 162 valence electrons. The topological polar surface area (TPSA) is 93.0 Å². The van der Waals surface area contributed by atoms with E-state index in [1.807, 2.05) is 6.07 Å². The predicted molar refractivity (Wildman–Crippen MR) is 115 cm³/mol. The summed E-state index contributed by atoms with van der Waals surface area (Å²) in [5, 5.41) is 11.1. The molecular formula is C23H25N3O5. The highest BCUT2D eigenvalue weighted by atomic mass is 16.6. The van der Waals surface area contributed by atoms with E-state index in [-0.39, 0.29) is 42.4 Å². The summed E-state index contributed by atoms with van der Waals surface area (Å²) in [6.45, 7) is -0.352. The lowest BCUT2D eigenvalue weighted by molar-refractivity contribution is -0.384. The lowest BCUT2D eigenvalue weighted by Crippen LogP contribution is -2.48. The number of hydrogen-bond donors (Lipinski definition) is 0. The van der Waals surface area contributed by atoms with Crippen molar-refractivity contribution in [3.8, 4) is 5.75 Å². The Labute approximate surface area is 180 Å². The molecule has 0 saturated heterocycles. The normalized spacial score (nSPS) is 20.5. The first-order chi connectivity index (χ1) is 14.9. The summed E-state index contributed by atoms with van der Waals surface area (Å²) in [4.78, 5) is 39.0. The largest absolute Gasteiger partial charge is 0.482 e. The number of nitro groups is 1. The van der Waals surface area contributed by atoms with Gasteiger partial charge in [-0.3, -0.25) is 24.6 Å². The Morgan fingerprint density at radius 1 is 1.16 bits per heavy atom. The SMILES string of the molecule is CN(C(=O)CN1C(=O)COc2ccc([N+](=O)[O-])cc21)C1CCC(c2ccccc2)CC1. The lowest BCUT2D eigenvalue weighted by Gasteiger charge is -2.36. The summed E-state index contributed by atoms with van der Waals surface area (Å²) in [5.41, 5.74) is 1.45. The van der Waals surface area contributed by atoms with Crippen molar-refractivity contribution in [2.45, 2.75) is 37.6 Å². The number of nitrogens with zero attached hydrogens (tertiary/aromatic N) is 3. The van der Waals surface area contributed by atoms with E-state index in [4.69, 9.17) is 4.74 Å². The Morgan fingerprint density at radius 3 is 2.55 bits per heavy atom. The van der Waals surface area contributed by atoms with Crippen LogP contribution in [0, 0.1) is 10.1 Å². The van der Waals surface area contributed by atoms with E-state index in [0.717, 1.165) is 25.7 Å². The maximum absolute atomic E-state index is 13.0. The molecule has 4 rings (SSSR count). The van der Waals surface area contributed by atoms with Crippen LogP contribution in [0.4, 0.5) is 11.4 Å². The van der Waals surface area contributed by atoms with Crippen LogP contribution in [0.15, 0.2) is 48.5 Å². The molecule has 0 atom stereocenters. The number of likely N-dealkylation sites (N-methyl/N-ethyl adjacent to an activating group) is 1. The minimum Gasteiger partial charge on any atom is -0.482 e. The maximum atomic E-state index is 13.0. The molecule has 0 spiro atoms. The van der Waals surface area contributed by atoms with Crippen LogP contribution in [0.2, 0.25) is 0 Å². The Bertz CT molecular complexity index is 986. The number of anilines is 1. The number of amides is 2. The summed E-state index contributed by atoms with van der Waals surface area (Å²) in [6.07, 6.45) is 3.83. The van der Waals surface area contributed by atoms with E-state index < -0.39 is 4.92 Å². The molecule has 0 unspecified atom stereocenters. The average molecular weight is 423 g/mol. The second-order valence-electron chi connectivity index (χ2n) is 8.10. The summed E-state index contributed by atoms with van der Waals surface area (Å²) in [5.74, 6) is 0.302. The molecule has 2 aromatic carbocycles. The van der Waals surface area contributed by atoms with Gasteiger partial charge < -0.3 is 9.64 Å². The first-order valence-corrected chi connectivity index (χ1v) is 10.5. The highest BCUT2D eigenvalue weighted by Crippen LogP contribution is 2.36. The van der Waals surface area contributed by atoms with Crippen molar-refractivity contribution in [2.75, 3.05) is 25.1 Å². The monoisotopic (exact) mass is 423 g/mol. The van der Waals surface area contributed by atoms with Gasteiger partial charge in [-0.05, 0) is 43.2 Å². The molecule has 1 aliphatic carbocycles. The first-order valence-electron chi connectivity index (χ1n) is 10.5. The highest BCUT2D eigenvalue weighted by molar-refractivity contribution is 6.02. The molecule has 1 aliphatic heterocycles. The van der Waals surface area contributed by atoms with Crippen LogP contribution in [0.5, 0.6) is 5.75 Å². The van der Waals surface area contributed by atoms with Crippen molar-refractivity contribution in [3.63, 3.8) is 0 Å². The van der Waals surface area contributed by atoms with E-state index in [0.29, 0.717) is 11.7 Å². The minimum absolute atomic E-state index is 0.119. The van der Waals surface area contributed by atoms with E-state index in [9.17, 15) is 19.7 Å². The zero-order valence-corrected chi connectivity index (χ0v) is 17.4. The van der Waals surface area contributed by atoms with Gasteiger partial charge in [0, 0.05) is 25.2 Å². The number of carbonyl (C=O) groups excluding carboxylic acids is 2. The number of carbonyl (C=O) groups is 2. The van der Waals surface area contributed by atoms with Crippen LogP contribution in [0.25, 0.3) is 0 Å². The van der Waals surface area contributed by atoms with E-state index in [1.165, 1.54) is 28.7 Å². The molecule has 2 amide bonds. The summed E-state index contributed by atoms with van der Waals surface area (Å²) in [6, 6.07) is 14.6. The number of fused-ring (bicyclic) bond motifs is 1. The molecule has 8 nitrogen and oxygen atoms in total. The molecule has 0 aromatic heterocycles. The number of benzene rings is 2. The number of hydrogen-bond acceptors (Lipinski definition) is 5. The second kappa shape index (κ2) is 8.75. The van der Waals surface area contributed by atoms with Crippen molar-refractivity contribution in [3.05, 3.63) is 64.2 Å². The molecular weight excluding hydrogens is 398 g/mol. The summed E-state index contributed by atoms with van der Waals surface area (Å²) < 4.78 is 5.37. The highest BCUT2D eigenvalue weighted by Gasteiger charge is 2.32. The fraction of sp³-hybridized carbons (Fsp3) is 0.391. The molecule has 1 saturated carbocycles. The Balaban J connectivity index is 1.42. The maximum Gasteiger partial charge on any atom is 0.271 e. The first kappa shape index (κ1) is 20.8. The quantitative estimate of drug-likeness (QED) is 0.542. The van der Waals surface area contributed by atoms with Crippen LogP contribution >= 0.6 is 0 Å². The Morgan fingerprint density at radius 2 is 1.87 bits per heavy atom.